The Morgan fingerprint density at radius 1 is 1.60 bits per heavy atom. The maximum absolute atomic E-state index is 13.1. The third kappa shape index (κ3) is 3.28. The second-order valence-corrected chi connectivity index (χ2v) is 4.57. The molecule has 1 N–H and O–H groups in total. The number of rotatable bonds is 3. The Bertz CT molecular complexity index is 370. The van der Waals surface area contributed by atoms with Crippen molar-refractivity contribution in [3.8, 4) is 0 Å². The molecule has 1 rings (SSSR count). The van der Waals surface area contributed by atoms with Crippen LogP contribution in [0.25, 0.3) is 0 Å². The predicted molar refractivity (Wildman–Crippen MR) is 64.8 cm³/mol. The van der Waals surface area contributed by atoms with Crippen molar-refractivity contribution in [2.45, 2.75) is 13.0 Å². The van der Waals surface area contributed by atoms with Gasteiger partial charge < -0.3 is 5.32 Å². The van der Waals surface area contributed by atoms with E-state index in [1.54, 1.807) is 6.07 Å². The second-order valence-electron chi connectivity index (χ2n) is 3.13. The molecule has 0 radical (unpaired) electrons. The Morgan fingerprint density at radius 2 is 2.27 bits per heavy atom. The SMILES string of the molecule is CC(CBr)NC(=O)c1cccc(F)c1Br. The van der Waals surface area contributed by atoms with E-state index in [4.69, 9.17) is 0 Å². The number of hydrogen-bond acceptors (Lipinski definition) is 1. The monoisotopic (exact) mass is 337 g/mol. The van der Waals surface area contributed by atoms with Gasteiger partial charge in [0.2, 0.25) is 0 Å². The molecule has 0 spiro atoms. The number of carbonyl (C=O) groups excluding carboxylic acids is 1. The minimum atomic E-state index is -0.436. The van der Waals surface area contributed by atoms with Crippen molar-refractivity contribution < 1.29 is 9.18 Å². The summed E-state index contributed by atoms with van der Waals surface area (Å²) >= 11 is 6.29. The molecular formula is C10H10Br2FNO. The first-order valence-electron chi connectivity index (χ1n) is 4.37. The van der Waals surface area contributed by atoms with E-state index in [2.05, 4.69) is 37.2 Å². The molecule has 0 fully saturated rings. The molecule has 0 saturated carbocycles. The fourth-order valence-corrected chi connectivity index (χ4v) is 1.63. The third-order valence-electron chi connectivity index (χ3n) is 1.81. The summed E-state index contributed by atoms with van der Waals surface area (Å²) in [6.07, 6.45) is 0. The van der Waals surface area contributed by atoms with Crippen molar-refractivity contribution in [1.82, 2.24) is 5.32 Å². The first kappa shape index (κ1) is 12.6. The van der Waals surface area contributed by atoms with E-state index in [1.165, 1.54) is 12.1 Å². The smallest absolute Gasteiger partial charge is 0.252 e. The van der Waals surface area contributed by atoms with Gasteiger partial charge in [-0.2, -0.15) is 0 Å². The van der Waals surface area contributed by atoms with Crippen LogP contribution in [-0.2, 0) is 0 Å². The van der Waals surface area contributed by atoms with Crippen LogP contribution in [0.1, 0.15) is 17.3 Å². The lowest BCUT2D eigenvalue weighted by Gasteiger charge is -2.11. The zero-order valence-corrected chi connectivity index (χ0v) is 11.2. The number of hydrogen-bond donors (Lipinski definition) is 1. The van der Waals surface area contributed by atoms with Crippen molar-refractivity contribution in [2.24, 2.45) is 0 Å². The molecule has 0 aromatic heterocycles. The second kappa shape index (κ2) is 5.61. The minimum absolute atomic E-state index is 0.00710. The summed E-state index contributed by atoms with van der Waals surface area (Å²) in [5.41, 5.74) is 0.308. The molecule has 82 valence electrons. The summed E-state index contributed by atoms with van der Waals surface area (Å²) in [4.78, 5) is 11.7. The standard InChI is InChI=1S/C10H10Br2FNO/c1-6(5-11)14-10(15)7-3-2-4-8(13)9(7)12/h2-4,6H,5H2,1H3,(H,14,15). The van der Waals surface area contributed by atoms with Gasteiger partial charge >= 0.3 is 0 Å². The minimum Gasteiger partial charge on any atom is -0.349 e. The van der Waals surface area contributed by atoms with Gasteiger partial charge in [-0.15, -0.1) is 0 Å². The number of benzene rings is 1. The van der Waals surface area contributed by atoms with Gasteiger partial charge in [0.15, 0.2) is 0 Å². The van der Waals surface area contributed by atoms with E-state index >= 15 is 0 Å². The van der Waals surface area contributed by atoms with Crippen LogP contribution in [0.15, 0.2) is 22.7 Å². The highest BCUT2D eigenvalue weighted by atomic mass is 79.9. The van der Waals surface area contributed by atoms with E-state index in [0.29, 0.717) is 10.9 Å². The number of halogens is 3. The molecule has 0 aliphatic carbocycles. The van der Waals surface area contributed by atoms with Gasteiger partial charge in [0.1, 0.15) is 5.82 Å². The molecule has 1 unspecified atom stereocenters. The summed E-state index contributed by atoms with van der Waals surface area (Å²) in [6, 6.07) is 4.39. The van der Waals surface area contributed by atoms with E-state index in [-0.39, 0.29) is 16.4 Å². The lowest BCUT2D eigenvalue weighted by Crippen LogP contribution is -2.33. The summed E-state index contributed by atoms with van der Waals surface area (Å²) in [5.74, 6) is -0.720. The summed E-state index contributed by atoms with van der Waals surface area (Å²) < 4.78 is 13.3. The molecule has 0 aliphatic heterocycles. The van der Waals surface area contributed by atoms with Gasteiger partial charge in [-0.3, -0.25) is 4.79 Å². The van der Waals surface area contributed by atoms with Crippen LogP contribution in [0.2, 0.25) is 0 Å². The normalized spacial score (nSPS) is 12.3. The molecule has 1 aromatic rings. The third-order valence-corrected chi connectivity index (χ3v) is 3.58. The maximum atomic E-state index is 13.1. The molecule has 0 bridgehead atoms. The number of nitrogens with one attached hydrogen (secondary N) is 1. The van der Waals surface area contributed by atoms with Crippen molar-refractivity contribution in [3.05, 3.63) is 34.1 Å². The first-order chi connectivity index (χ1) is 7.06. The van der Waals surface area contributed by atoms with Crippen LogP contribution >= 0.6 is 31.9 Å². The molecule has 15 heavy (non-hydrogen) atoms. The number of carbonyl (C=O) groups is 1. The van der Waals surface area contributed by atoms with Gasteiger partial charge in [0, 0.05) is 11.4 Å². The molecule has 0 aliphatic rings. The molecule has 5 heteroatoms. The Hall–Kier alpha value is -0.420. The van der Waals surface area contributed by atoms with Crippen LogP contribution in [0.3, 0.4) is 0 Å². The van der Waals surface area contributed by atoms with Crippen LogP contribution in [0.5, 0.6) is 0 Å². The van der Waals surface area contributed by atoms with Gasteiger partial charge in [-0.05, 0) is 35.0 Å². The predicted octanol–water partition coefficient (Wildman–Crippen LogP) is 3.10. The Morgan fingerprint density at radius 3 is 2.87 bits per heavy atom. The highest BCUT2D eigenvalue weighted by Crippen LogP contribution is 2.20. The molecule has 0 heterocycles. The lowest BCUT2D eigenvalue weighted by atomic mass is 10.2. The zero-order valence-electron chi connectivity index (χ0n) is 8.06. The van der Waals surface area contributed by atoms with E-state index in [9.17, 15) is 9.18 Å². The zero-order chi connectivity index (χ0) is 11.4. The quantitative estimate of drug-likeness (QED) is 0.843. The van der Waals surface area contributed by atoms with Gasteiger partial charge in [0.05, 0.1) is 10.0 Å². The van der Waals surface area contributed by atoms with Crippen LogP contribution in [-0.4, -0.2) is 17.3 Å². The fourth-order valence-electron chi connectivity index (χ4n) is 1.02. The van der Waals surface area contributed by atoms with E-state index in [1.807, 2.05) is 6.92 Å². The Balaban J connectivity index is 2.87. The average Bonchev–Trinajstić information content (AvgIpc) is 2.21. The van der Waals surface area contributed by atoms with Gasteiger partial charge in [-0.1, -0.05) is 22.0 Å². The maximum Gasteiger partial charge on any atom is 0.252 e. The molecule has 2 nitrogen and oxygen atoms in total. The summed E-state index contributed by atoms with van der Waals surface area (Å²) in [7, 11) is 0. The van der Waals surface area contributed by atoms with Gasteiger partial charge in [0.25, 0.3) is 5.91 Å². The van der Waals surface area contributed by atoms with Crippen molar-refractivity contribution in [1.29, 1.82) is 0 Å². The van der Waals surface area contributed by atoms with Crippen LogP contribution < -0.4 is 5.32 Å². The Kier molecular flexibility index (Phi) is 4.73. The molecule has 0 saturated heterocycles. The highest BCUT2D eigenvalue weighted by molar-refractivity contribution is 9.10. The number of amides is 1. The largest absolute Gasteiger partial charge is 0.349 e. The fraction of sp³-hybridized carbons (Fsp3) is 0.300. The first-order valence-corrected chi connectivity index (χ1v) is 6.28. The lowest BCUT2D eigenvalue weighted by molar-refractivity contribution is 0.0942. The molecule has 1 aromatic carbocycles. The van der Waals surface area contributed by atoms with Crippen LogP contribution in [0, 0.1) is 5.82 Å². The van der Waals surface area contributed by atoms with E-state index in [0.717, 1.165) is 0 Å². The highest BCUT2D eigenvalue weighted by Gasteiger charge is 2.14. The summed E-state index contributed by atoms with van der Waals surface area (Å²) in [6.45, 7) is 1.86. The Labute approximate surface area is 105 Å². The molecule has 1 atom stereocenters. The van der Waals surface area contributed by atoms with Crippen molar-refractivity contribution in [2.75, 3.05) is 5.33 Å². The van der Waals surface area contributed by atoms with Crippen LogP contribution in [0.4, 0.5) is 4.39 Å². The van der Waals surface area contributed by atoms with Crippen molar-refractivity contribution >= 4 is 37.8 Å². The van der Waals surface area contributed by atoms with Crippen molar-refractivity contribution in [3.63, 3.8) is 0 Å². The van der Waals surface area contributed by atoms with E-state index < -0.39 is 5.82 Å². The summed E-state index contributed by atoms with van der Waals surface area (Å²) in [5, 5.41) is 3.39. The topological polar surface area (TPSA) is 29.1 Å². The molecule has 1 amide bonds. The van der Waals surface area contributed by atoms with Gasteiger partial charge in [-0.25, -0.2) is 4.39 Å². The average molecular weight is 339 g/mol. The number of alkyl halides is 1. The molecular weight excluding hydrogens is 329 g/mol.